The average Bonchev–Trinajstić information content (AvgIpc) is 2.67. The normalized spacial score (nSPS) is 21.2. The molecule has 2 unspecified atom stereocenters. The average molecular weight is 377 g/mol. The smallest absolute Gasteiger partial charge is 0.191 e. The highest BCUT2D eigenvalue weighted by Gasteiger charge is 2.25. The topological polar surface area (TPSA) is 58.1 Å². The second-order valence-corrected chi connectivity index (χ2v) is 7.04. The van der Waals surface area contributed by atoms with Crippen LogP contribution in [0.2, 0.25) is 0 Å². The summed E-state index contributed by atoms with van der Waals surface area (Å²) in [5.41, 5.74) is 1.39. The predicted octanol–water partition coefficient (Wildman–Crippen LogP) is 2.26. The third-order valence-electron chi connectivity index (χ3n) is 4.86. The summed E-state index contributed by atoms with van der Waals surface area (Å²) < 4.78 is 10.5. The van der Waals surface area contributed by atoms with Crippen LogP contribution in [0.5, 0.6) is 0 Å². The van der Waals surface area contributed by atoms with Gasteiger partial charge in [-0.1, -0.05) is 30.3 Å². The van der Waals surface area contributed by atoms with Crippen LogP contribution < -0.4 is 10.6 Å². The molecule has 2 N–H and O–H groups in total. The molecule has 0 saturated carbocycles. The number of hydrogen-bond donors (Lipinski definition) is 2. The maximum Gasteiger partial charge on any atom is 0.191 e. The number of rotatable bonds is 10. The van der Waals surface area contributed by atoms with Crippen LogP contribution in [0.15, 0.2) is 35.3 Å². The number of hydrogen-bond acceptors (Lipinski definition) is 4. The van der Waals surface area contributed by atoms with E-state index in [2.05, 4.69) is 64.7 Å². The van der Waals surface area contributed by atoms with Crippen LogP contribution in [0.1, 0.15) is 32.3 Å². The van der Waals surface area contributed by atoms with Crippen molar-refractivity contribution in [1.82, 2.24) is 15.5 Å². The molecule has 1 aromatic carbocycles. The number of guanidine groups is 1. The van der Waals surface area contributed by atoms with E-state index in [9.17, 15) is 0 Å². The van der Waals surface area contributed by atoms with Crippen molar-refractivity contribution >= 4 is 5.96 Å². The minimum Gasteiger partial charge on any atom is -0.382 e. The van der Waals surface area contributed by atoms with Gasteiger partial charge in [-0.2, -0.15) is 0 Å². The Morgan fingerprint density at radius 2 is 2.04 bits per heavy atom. The third-order valence-corrected chi connectivity index (χ3v) is 4.86. The summed E-state index contributed by atoms with van der Waals surface area (Å²) in [6, 6.07) is 11.7. The van der Waals surface area contributed by atoms with Gasteiger partial charge in [0.1, 0.15) is 0 Å². The molecule has 1 aromatic rings. The molecule has 6 heteroatoms. The van der Waals surface area contributed by atoms with Crippen molar-refractivity contribution in [2.45, 2.75) is 45.3 Å². The van der Waals surface area contributed by atoms with E-state index < -0.39 is 0 Å². The zero-order valence-corrected chi connectivity index (χ0v) is 17.1. The first-order valence-electron chi connectivity index (χ1n) is 10.1. The van der Waals surface area contributed by atoms with Gasteiger partial charge in [0.2, 0.25) is 0 Å². The molecule has 0 bridgehead atoms. The SMILES string of the molecule is CCNC(=NCCOCCOC)NC1CCN(Cc2ccccc2)C(C)C1. The lowest BCUT2D eigenvalue weighted by atomic mass is 9.97. The molecule has 0 spiro atoms. The van der Waals surface area contributed by atoms with Crippen LogP contribution in [0, 0.1) is 0 Å². The minimum atomic E-state index is 0.458. The van der Waals surface area contributed by atoms with Crippen LogP contribution in [-0.4, -0.2) is 69.5 Å². The van der Waals surface area contributed by atoms with Crippen molar-refractivity contribution in [1.29, 1.82) is 0 Å². The van der Waals surface area contributed by atoms with Crippen LogP contribution in [0.25, 0.3) is 0 Å². The Morgan fingerprint density at radius 1 is 1.22 bits per heavy atom. The summed E-state index contributed by atoms with van der Waals surface area (Å²) in [5, 5.41) is 6.95. The molecule has 0 radical (unpaired) electrons. The Bertz CT molecular complexity index is 538. The fraction of sp³-hybridized carbons (Fsp3) is 0.667. The van der Waals surface area contributed by atoms with Gasteiger partial charge in [0.15, 0.2) is 5.96 Å². The number of ether oxygens (including phenoxy) is 2. The molecule has 0 amide bonds. The van der Waals surface area contributed by atoms with Gasteiger partial charge >= 0.3 is 0 Å². The van der Waals surface area contributed by atoms with E-state index in [1.807, 2.05) is 0 Å². The lowest BCUT2D eigenvalue weighted by Gasteiger charge is -2.38. The van der Waals surface area contributed by atoms with Crippen LogP contribution in [0.4, 0.5) is 0 Å². The van der Waals surface area contributed by atoms with E-state index in [4.69, 9.17) is 9.47 Å². The molecule has 0 aromatic heterocycles. The standard InChI is InChI=1S/C21H36N4O2/c1-4-22-21(23-11-13-27-15-14-26-3)24-20-10-12-25(18(2)16-20)17-19-8-6-5-7-9-19/h5-9,18,20H,4,10-17H2,1-3H3,(H2,22,23,24). The van der Waals surface area contributed by atoms with Crippen LogP contribution in [-0.2, 0) is 16.0 Å². The molecular formula is C21H36N4O2. The Kier molecular flexibility index (Phi) is 10.2. The van der Waals surface area contributed by atoms with Gasteiger partial charge in [0, 0.05) is 38.8 Å². The number of likely N-dealkylation sites (tertiary alicyclic amines) is 1. The van der Waals surface area contributed by atoms with E-state index >= 15 is 0 Å². The van der Waals surface area contributed by atoms with Crippen molar-refractivity contribution in [2.75, 3.05) is 46.6 Å². The highest BCUT2D eigenvalue weighted by molar-refractivity contribution is 5.80. The maximum absolute atomic E-state index is 5.49. The second kappa shape index (κ2) is 12.7. The summed E-state index contributed by atoms with van der Waals surface area (Å²) in [6.07, 6.45) is 2.26. The Morgan fingerprint density at radius 3 is 2.74 bits per heavy atom. The van der Waals surface area contributed by atoms with Crippen molar-refractivity contribution in [3.8, 4) is 0 Å². The molecular weight excluding hydrogens is 340 g/mol. The Labute approximate surface area is 164 Å². The van der Waals surface area contributed by atoms with Crippen molar-refractivity contribution in [2.24, 2.45) is 4.99 Å². The zero-order valence-electron chi connectivity index (χ0n) is 17.1. The first-order valence-corrected chi connectivity index (χ1v) is 10.1. The second-order valence-electron chi connectivity index (χ2n) is 7.04. The van der Waals surface area contributed by atoms with Crippen molar-refractivity contribution < 1.29 is 9.47 Å². The zero-order chi connectivity index (χ0) is 19.3. The first kappa shape index (κ1) is 21.7. The monoisotopic (exact) mass is 376 g/mol. The van der Waals surface area contributed by atoms with Gasteiger partial charge < -0.3 is 20.1 Å². The number of nitrogens with zero attached hydrogens (tertiary/aromatic N) is 2. The number of benzene rings is 1. The fourth-order valence-corrected chi connectivity index (χ4v) is 3.38. The molecule has 2 rings (SSSR count). The van der Waals surface area contributed by atoms with Crippen LogP contribution in [0.3, 0.4) is 0 Å². The Hall–Kier alpha value is -1.63. The Balaban J connectivity index is 1.76. The molecule has 1 aliphatic heterocycles. The van der Waals surface area contributed by atoms with E-state index in [-0.39, 0.29) is 0 Å². The van der Waals surface area contributed by atoms with E-state index in [0.717, 1.165) is 38.4 Å². The van der Waals surface area contributed by atoms with Crippen molar-refractivity contribution in [3.63, 3.8) is 0 Å². The minimum absolute atomic E-state index is 0.458. The molecule has 6 nitrogen and oxygen atoms in total. The number of nitrogens with one attached hydrogen (secondary N) is 2. The molecule has 2 atom stereocenters. The van der Waals surface area contributed by atoms with E-state index in [1.54, 1.807) is 7.11 Å². The van der Waals surface area contributed by atoms with Gasteiger partial charge in [-0.25, -0.2) is 0 Å². The largest absolute Gasteiger partial charge is 0.382 e. The van der Waals surface area contributed by atoms with Gasteiger partial charge in [0.05, 0.1) is 26.4 Å². The van der Waals surface area contributed by atoms with Crippen LogP contribution >= 0.6 is 0 Å². The quantitative estimate of drug-likeness (QED) is 0.373. The number of methoxy groups -OCH3 is 1. The van der Waals surface area contributed by atoms with Crippen molar-refractivity contribution in [3.05, 3.63) is 35.9 Å². The maximum atomic E-state index is 5.49. The van der Waals surface area contributed by atoms with E-state index in [0.29, 0.717) is 38.4 Å². The molecule has 1 fully saturated rings. The molecule has 152 valence electrons. The third kappa shape index (κ3) is 8.28. The number of aliphatic imine (C=N–C) groups is 1. The summed E-state index contributed by atoms with van der Waals surface area (Å²) >= 11 is 0. The lowest BCUT2D eigenvalue weighted by molar-refractivity contribution is 0.0748. The lowest BCUT2D eigenvalue weighted by Crippen LogP contribution is -2.51. The van der Waals surface area contributed by atoms with Gasteiger partial charge in [-0.3, -0.25) is 9.89 Å². The van der Waals surface area contributed by atoms with Gasteiger partial charge in [0.25, 0.3) is 0 Å². The highest BCUT2D eigenvalue weighted by atomic mass is 16.5. The fourth-order valence-electron chi connectivity index (χ4n) is 3.38. The highest BCUT2D eigenvalue weighted by Crippen LogP contribution is 2.19. The summed E-state index contributed by atoms with van der Waals surface area (Å²) in [5.74, 6) is 0.890. The summed E-state index contributed by atoms with van der Waals surface area (Å²) in [7, 11) is 1.68. The predicted molar refractivity (Wildman–Crippen MR) is 111 cm³/mol. The molecule has 1 saturated heterocycles. The van der Waals surface area contributed by atoms with Gasteiger partial charge in [-0.15, -0.1) is 0 Å². The molecule has 1 aliphatic rings. The van der Waals surface area contributed by atoms with E-state index in [1.165, 1.54) is 5.56 Å². The first-order chi connectivity index (χ1) is 13.2. The summed E-state index contributed by atoms with van der Waals surface area (Å²) in [6.45, 7) is 9.93. The summed E-state index contributed by atoms with van der Waals surface area (Å²) in [4.78, 5) is 7.20. The number of piperidine rings is 1. The van der Waals surface area contributed by atoms with Gasteiger partial charge in [-0.05, 0) is 32.3 Å². The molecule has 0 aliphatic carbocycles. The molecule has 27 heavy (non-hydrogen) atoms. The molecule has 1 heterocycles.